The standard InChI is InChI=1S/C15H17ClFN3O2/c1-4-20(8-13-18-14(9(2)3)19-22-13)15(21)11-6-5-10(16)7-12(11)17/h5-7,9H,4,8H2,1-3H3. The third-order valence-corrected chi connectivity index (χ3v) is 3.39. The molecule has 1 heterocycles. The van der Waals surface area contributed by atoms with E-state index in [1.807, 2.05) is 13.8 Å². The van der Waals surface area contributed by atoms with Gasteiger partial charge in [0.25, 0.3) is 5.91 Å². The molecule has 7 heteroatoms. The van der Waals surface area contributed by atoms with E-state index in [4.69, 9.17) is 16.1 Å². The summed E-state index contributed by atoms with van der Waals surface area (Å²) in [6.07, 6.45) is 0. The molecule has 2 rings (SSSR count). The molecule has 0 saturated heterocycles. The Morgan fingerprint density at radius 2 is 2.18 bits per heavy atom. The van der Waals surface area contributed by atoms with Crippen LogP contribution in [0.5, 0.6) is 0 Å². The van der Waals surface area contributed by atoms with Gasteiger partial charge in [-0.1, -0.05) is 30.6 Å². The van der Waals surface area contributed by atoms with Gasteiger partial charge in [0.15, 0.2) is 5.82 Å². The smallest absolute Gasteiger partial charge is 0.257 e. The highest BCUT2D eigenvalue weighted by molar-refractivity contribution is 6.30. The van der Waals surface area contributed by atoms with Gasteiger partial charge in [0.05, 0.1) is 5.56 Å². The SMILES string of the molecule is CCN(Cc1nc(C(C)C)no1)C(=O)c1ccc(Cl)cc1F. The molecule has 1 amide bonds. The minimum absolute atomic E-state index is 0.0325. The summed E-state index contributed by atoms with van der Waals surface area (Å²) in [4.78, 5) is 18.1. The fraction of sp³-hybridized carbons (Fsp3) is 0.400. The first kappa shape index (κ1) is 16.4. The van der Waals surface area contributed by atoms with Gasteiger partial charge in [0, 0.05) is 17.5 Å². The number of carbonyl (C=O) groups excluding carboxylic acids is 1. The van der Waals surface area contributed by atoms with Crippen LogP contribution >= 0.6 is 11.6 Å². The van der Waals surface area contributed by atoms with Crippen LogP contribution in [0.4, 0.5) is 4.39 Å². The fourth-order valence-electron chi connectivity index (χ4n) is 1.89. The van der Waals surface area contributed by atoms with E-state index in [0.717, 1.165) is 6.07 Å². The Bertz CT molecular complexity index is 673. The number of halogens is 2. The largest absolute Gasteiger partial charge is 0.337 e. The fourth-order valence-corrected chi connectivity index (χ4v) is 2.05. The zero-order valence-corrected chi connectivity index (χ0v) is 13.4. The number of hydrogen-bond acceptors (Lipinski definition) is 4. The number of hydrogen-bond donors (Lipinski definition) is 0. The van der Waals surface area contributed by atoms with E-state index in [2.05, 4.69) is 10.1 Å². The lowest BCUT2D eigenvalue weighted by Gasteiger charge is -2.19. The van der Waals surface area contributed by atoms with Gasteiger partial charge in [-0.05, 0) is 25.1 Å². The lowest BCUT2D eigenvalue weighted by molar-refractivity contribution is 0.0730. The zero-order valence-electron chi connectivity index (χ0n) is 12.6. The second-order valence-corrected chi connectivity index (χ2v) is 5.58. The van der Waals surface area contributed by atoms with E-state index in [0.29, 0.717) is 18.3 Å². The van der Waals surface area contributed by atoms with Crippen molar-refractivity contribution in [3.63, 3.8) is 0 Å². The molecule has 0 N–H and O–H groups in total. The van der Waals surface area contributed by atoms with E-state index in [9.17, 15) is 9.18 Å². The molecule has 0 saturated carbocycles. The minimum atomic E-state index is -0.649. The number of carbonyl (C=O) groups is 1. The van der Waals surface area contributed by atoms with Crippen LogP contribution in [0.25, 0.3) is 0 Å². The summed E-state index contributed by atoms with van der Waals surface area (Å²) in [6.45, 7) is 6.21. The zero-order chi connectivity index (χ0) is 16.3. The van der Waals surface area contributed by atoms with Crippen molar-refractivity contribution in [2.45, 2.75) is 33.2 Å². The van der Waals surface area contributed by atoms with Crippen molar-refractivity contribution >= 4 is 17.5 Å². The predicted molar refractivity (Wildman–Crippen MR) is 80.2 cm³/mol. The van der Waals surface area contributed by atoms with Crippen LogP contribution in [-0.2, 0) is 6.54 Å². The minimum Gasteiger partial charge on any atom is -0.337 e. The van der Waals surface area contributed by atoms with Crippen molar-refractivity contribution in [1.82, 2.24) is 15.0 Å². The Kier molecular flexibility index (Phi) is 5.13. The Morgan fingerprint density at radius 3 is 2.73 bits per heavy atom. The summed E-state index contributed by atoms with van der Waals surface area (Å²) in [5.41, 5.74) is -0.0325. The Hall–Kier alpha value is -1.95. The molecule has 5 nitrogen and oxygen atoms in total. The van der Waals surface area contributed by atoms with Gasteiger partial charge in [0.1, 0.15) is 12.4 Å². The Balaban J connectivity index is 2.18. The normalized spacial score (nSPS) is 11.0. The molecule has 0 spiro atoms. The number of aromatic nitrogens is 2. The molecular weight excluding hydrogens is 309 g/mol. The second-order valence-electron chi connectivity index (χ2n) is 5.14. The third kappa shape index (κ3) is 3.62. The lowest BCUT2D eigenvalue weighted by atomic mass is 10.2. The van der Waals surface area contributed by atoms with Crippen molar-refractivity contribution in [2.24, 2.45) is 0 Å². The Labute approximate surface area is 133 Å². The van der Waals surface area contributed by atoms with Gasteiger partial charge in [-0.25, -0.2) is 4.39 Å². The molecule has 0 aliphatic rings. The quantitative estimate of drug-likeness (QED) is 0.842. The number of amides is 1. The highest BCUT2D eigenvalue weighted by atomic mass is 35.5. The van der Waals surface area contributed by atoms with Crippen LogP contribution in [0, 0.1) is 5.82 Å². The second kappa shape index (κ2) is 6.87. The van der Waals surface area contributed by atoms with E-state index in [1.54, 1.807) is 6.92 Å². The molecule has 0 radical (unpaired) electrons. The monoisotopic (exact) mass is 325 g/mol. The van der Waals surface area contributed by atoms with E-state index < -0.39 is 11.7 Å². The first-order chi connectivity index (χ1) is 10.4. The van der Waals surface area contributed by atoms with Gasteiger partial charge < -0.3 is 9.42 Å². The lowest BCUT2D eigenvalue weighted by Crippen LogP contribution is -2.31. The van der Waals surface area contributed by atoms with Crippen LogP contribution in [0.15, 0.2) is 22.7 Å². The molecule has 0 aliphatic heterocycles. The molecule has 1 aromatic carbocycles. The third-order valence-electron chi connectivity index (χ3n) is 3.16. The van der Waals surface area contributed by atoms with Crippen molar-refractivity contribution in [3.8, 4) is 0 Å². The van der Waals surface area contributed by atoms with Crippen molar-refractivity contribution in [1.29, 1.82) is 0 Å². The van der Waals surface area contributed by atoms with Gasteiger partial charge in [-0.3, -0.25) is 4.79 Å². The topological polar surface area (TPSA) is 59.2 Å². The Morgan fingerprint density at radius 1 is 1.45 bits per heavy atom. The summed E-state index contributed by atoms with van der Waals surface area (Å²) < 4.78 is 19.0. The molecule has 0 bridgehead atoms. The maximum Gasteiger partial charge on any atom is 0.257 e. The molecule has 0 fully saturated rings. The van der Waals surface area contributed by atoms with Gasteiger partial charge in [0.2, 0.25) is 5.89 Å². The van der Waals surface area contributed by atoms with Crippen LogP contribution < -0.4 is 0 Å². The van der Waals surface area contributed by atoms with Gasteiger partial charge >= 0.3 is 0 Å². The highest BCUT2D eigenvalue weighted by Crippen LogP contribution is 2.18. The first-order valence-corrected chi connectivity index (χ1v) is 7.37. The number of nitrogens with zero attached hydrogens (tertiary/aromatic N) is 3. The van der Waals surface area contributed by atoms with Crippen LogP contribution in [0.2, 0.25) is 5.02 Å². The molecule has 0 aliphatic carbocycles. The van der Waals surface area contributed by atoms with Crippen molar-refractivity contribution < 1.29 is 13.7 Å². The average molecular weight is 326 g/mol. The predicted octanol–water partition coefficient (Wildman–Crippen LogP) is 3.65. The molecule has 1 aromatic heterocycles. The van der Waals surface area contributed by atoms with Crippen molar-refractivity contribution in [2.75, 3.05) is 6.54 Å². The average Bonchev–Trinajstić information content (AvgIpc) is 2.93. The summed E-state index contributed by atoms with van der Waals surface area (Å²) in [7, 11) is 0. The molecule has 118 valence electrons. The summed E-state index contributed by atoms with van der Waals surface area (Å²) >= 11 is 5.70. The summed E-state index contributed by atoms with van der Waals surface area (Å²) in [5.74, 6) is -0.0493. The summed E-state index contributed by atoms with van der Waals surface area (Å²) in [5, 5.41) is 4.09. The maximum absolute atomic E-state index is 13.9. The first-order valence-electron chi connectivity index (χ1n) is 6.99. The van der Waals surface area contributed by atoms with Gasteiger partial charge in [-0.15, -0.1) is 0 Å². The molecule has 22 heavy (non-hydrogen) atoms. The van der Waals surface area contributed by atoms with Gasteiger partial charge in [-0.2, -0.15) is 4.98 Å². The van der Waals surface area contributed by atoms with E-state index in [-0.39, 0.29) is 23.0 Å². The highest BCUT2D eigenvalue weighted by Gasteiger charge is 2.21. The number of benzene rings is 1. The summed E-state index contributed by atoms with van der Waals surface area (Å²) in [6, 6.07) is 3.97. The van der Waals surface area contributed by atoms with Crippen LogP contribution in [0.3, 0.4) is 0 Å². The number of rotatable bonds is 5. The van der Waals surface area contributed by atoms with E-state index in [1.165, 1.54) is 17.0 Å². The van der Waals surface area contributed by atoms with Crippen LogP contribution in [-0.4, -0.2) is 27.5 Å². The molecule has 2 aromatic rings. The van der Waals surface area contributed by atoms with E-state index >= 15 is 0 Å². The van der Waals surface area contributed by atoms with Crippen molar-refractivity contribution in [3.05, 3.63) is 46.3 Å². The van der Waals surface area contributed by atoms with Crippen LogP contribution in [0.1, 0.15) is 48.8 Å². The molecular formula is C15H17ClFN3O2. The molecule has 0 unspecified atom stereocenters. The molecule has 0 atom stereocenters. The maximum atomic E-state index is 13.9.